The number of rotatable bonds is 3. The Morgan fingerprint density at radius 1 is 1.56 bits per heavy atom. The Bertz CT molecular complexity index is 74.9. The molecular weight excluding hydrogens is 120 g/mol. The minimum absolute atomic E-state index is 0.498. The van der Waals surface area contributed by atoms with Gasteiger partial charge in [0.05, 0.1) is 0 Å². The normalized spacial score (nSPS) is 15.7. The Labute approximate surface area is 55.3 Å². The van der Waals surface area contributed by atoms with Gasteiger partial charge in [-0.25, -0.2) is 0 Å². The summed E-state index contributed by atoms with van der Waals surface area (Å²) in [6.45, 7) is 5.22. The van der Waals surface area contributed by atoms with Gasteiger partial charge in [-0.3, -0.25) is 0 Å². The molecule has 1 unspecified atom stereocenters. The number of hydrogen-bond acceptors (Lipinski definition) is 3. The zero-order valence-electron chi connectivity index (χ0n) is 6.09. The fourth-order valence-electron chi connectivity index (χ4n) is 0.408. The van der Waals surface area contributed by atoms with Crippen molar-refractivity contribution in [2.75, 3.05) is 6.61 Å². The molecule has 9 heavy (non-hydrogen) atoms. The van der Waals surface area contributed by atoms with Crippen molar-refractivity contribution < 1.29 is 14.9 Å². The molecule has 0 saturated carbocycles. The summed E-state index contributed by atoms with van der Waals surface area (Å²) in [6, 6.07) is 0. The predicted octanol–water partition coefficient (Wildman–Crippen LogP) is 0.112. The van der Waals surface area contributed by atoms with Crippen molar-refractivity contribution in [1.29, 1.82) is 0 Å². The van der Waals surface area contributed by atoms with Crippen molar-refractivity contribution in [3.05, 3.63) is 0 Å². The van der Waals surface area contributed by atoms with Crippen LogP contribution in [0, 0.1) is 0 Å². The van der Waals surface area contributed by atoms with Gasteiger partial charge in [0.15, 0.2) is 5.79 Å². The fourth-order valence-corrected chi connectivity index (χ4v) is 0.408. The lowest BCUT2D eigenvalue weighted by atomic mass is 10.2. The van der Waals surface area contributed by atoms with Gasteiger partial charge in [0.2, 0.25) is 0 Å². The third kappa shape index (κ3) is 3.46. The van der Waals surface area contributed by atoms with E-state index in [2.05, 4.69) is 0 Å². The molecule has 0 aromatic rings. The van der Waals surface area contributed by atoms with Gasteiger partial charge in [-0.05, 0) is 20.8 Å². The topological polar surface area (TPSA) is 49.7 Å². The second-order valence-electron chi connectivity index (χ2n) is 2.19. The molecule has 0 fully saturated rings. The van der Waals surface area contributed by atoms with E-state index in [0.29, 0.717) is 6.61 Å². The third-order valence-corrected chi connectivity index (χ3v) is 1.19. The van der Waals surface area contributed by atoms with E-state index >= 15 is 0 Å². The summed E-state index contributed by atoms with van der Waals surface area (Å²) in [4.78, 5) is 0. The smallest absolute Gasteiger partial charge is 0.186 e. The van der Waals surface area contributed by atoms with E-state index in [1.54, 1.807) is 6.92 Å². The molecule has 0 aromatic heterocycles. The van der Waals surface area contributed by atoms with Gasteiger partial charge >= 0.3 is 0 Å². The van der Waals surface area contributed by atoms with Crippen molar-refractivity contribution in [2.45, 2.75) is 32.7 Å². The van der Waals surface area contributed by atoms with Crippen LogP contribution in [0.3, 0.4) is 0 Å². The maximum absolute atomic E-state index is 8.85. The largest absolute Gasteiger partial charge is 0.373 e. The first-order chi connectivity index (χ1) is 3.98. The third-order valence-electron chi connectivity index (χ3n) is 1.19. The molecule has 2 N–H and O–H groups in total. The van der Waals surface area contributed by atoms with E-state index in [-0.39, 0.29) is 0 Å². The standard InChI is InChI=1S/C6H14O3/c1-4-9-5(2)6(3,7)8/h5,7-8H,4H2,1-3H3. The average Bonchev–Trinajstić information content (AvgIpc) is 1.64. The van der Waals surface area contributed by atoms with Gasteiger partial charge in [0, 0.05) is 6.61 Å². The minimum atomic E-state index is -1.71. The van der Waals surface area contributed by atoms with Gasteiger partial charge in [0.1, 0.15) is 6.10 Å². The summed E-state index contributed by atoms with van der Waals surface area (Å²) in [7, 11) is 0. The van der Waals surface area contributed by atoms with Crippen LogP contribution in [0.1, 0.15) is 20.8 Å². The van der Waals surface area contributed by atoms with Crippen molar-refractivity contribution in [2.24, 2.45) is 0 Å². The summed E-state index contributed by atoms with van der Waals surface area (Å²) in [5.74, 6) is -1.71. The molecule has 0 heterocycles. The molecule has 0 aliphatic rings. The SMILES string of the molecule is CCOC(C)C(C)(O)O. The van der Waals surface area contributed by atoms with E-state index in [9.17, 15) is 0 Å². The lowest BCUT2D eigenvalue weighted by molar-refractivity contribution is -0.219. The van der Waals surface area contributed by atoms with E-state index in [0.717, 1.165) is 0 Å². The van der Waals surface area contributed by atoms with Crippen molar-refractivity contribution in [3.8, 4) is 0 Å². The summed E-state index contributed by atoms with van der Waals surface area (Å²) >= 11 is 0. The maximum Gasteiger partial charge on any atom is 0.186 e. The molecule has 0 amide bonds. The second kappa shape index (κ2) is 3.15. The highest BCUT2D eigenvalue weighted by molar-refractivity contribution is 4.64. The average molecular weight is 134 g/mol. The second-order valence-corrected chi connectivity index (χ2v) is 2.19. The zero-order valence-corrected chi connectivity index (χ0v) is 6.09. The van der Waals surface area contributed by atoms with Crippen LogP contribution in [0.25, 0.3) is 0 Å². The Balaban J connectivity index is 3.59. The van der Waals surface area contributed by atoms with Crippen molar-refractivity contribution in [1.82, 2.24) is 0 Å². The molecule has 3 heteroatoms. The van der Waals surface area contributed by atoms with Crippen LogP contribution in [-0.4, -0.2) is 28.7 Å². The Kier molecular flexibility index (Phi) is 3.11. The molecular formula is C6H14O3. The lowest BCUT2D eigenvalue weighted by Gasteiger charge is -2.23. The van der Waals surface area contributed by atoms with Gasteiger partial charge < -0.3 is 14.9 Å². The molecule has 0 aliphatic carbocycles. The molecule has 0 aliphatic heterocycles. The summed E-state index contributed by atoms with van der Waals surface area (Å²) in [5, 5.41) is 17.7. The van der Waals surface area contributed by atoms with Crippen LogP contribution in [0.2, 0.25) is 0 Å². The van der Waals surface area contributed by atoms with E-state index in [1.807, 2.05) is 6.92 Å². The highest BCUT2D eigenvalue weighted by Gasteiger charge is 2.24. The van der Waals surface area contributed by atoms with Crippen LogP contribution in [-0.2, 0) is 4.74 Å². The van der Waals surface area contributed by atoms with E-state index in [4.69, 9.17) is 14.9 Å². The molecule has 0 rings (SSSR count). The minimum Gasteiger partial charge on any atom is -0.373 e. The number of hydrogen-bond donors (Lipinski definition) is 2. The molecule has 56 valence electrons. The van der Waals surface area contributed by atoms with Gasteiger partial charge in [-0.1, -0.05) is 0 Å². The van der Waals surface area contributed by atoms with Crippen LogP contribution in [0.5, 0.6) is 0 Å². The number of ether oxygens (including phenoxy) is 1. The van der Waals surface area contributed by atoms with Crippen LogP contribution in [0.4, 0.5) is 0 Å². The van der Waals surface area contributed by atoms with Crippen LogP contribution in [0.15, 0.2) is 0 Å². The predicted molar refractivity (Wildman–Crippen MR) is 33.9 cm³/mol. The molecule has 0 aromatic carbocycles. The molecule has 0 bridgehead atoms. The first-order valence-electron chi connectivity index (χ1n) is 3.04. The Morgan fingerprint density at radius 3 is 2.11 bits per heavy atom. The quantitative estimate of drug-likeness (QED) is 0.539. The van der Waals surface area contributed by atoms with Crippen molar-refractivity contribution in [3.63, 3.8) is 0 Å². The van der Waals surface area contributed by atoms with Crippen LogP contribution < -0.4 is 0 Å². The first kappa shape index (κ1) is 8.88. The highest BCUT2D eigenvalue weighted by atomic mass is 16.6. The summed E-state index contributed by atoms with van der Waals surface area (Å²) in [5.41, 5.74) is 0. The summed E-state index contributed by atoms with van der Waals surface area (Å²) < 4.78 is 4.91. The first-order valence-corrected chi connectivity index (χ1v) is 3.04. The number of aliphatic hydroxyl groups is 2. The molecule has 3 nitrogen and oxygen atoms in total. The molecule has 1 atom stereocenters. The zero-order chi connectivity index (χ0) is 7.49. The Morgan fingerprint density at radius 2 is 2.00 bits per heavy atom. The molecule has 0 spiro atoms. The van der Waals surface area contributed by atoms with Crippen molar-refractivity contribution >= 4 is 0 Å². The maximum atomic E-state index is 8.85. The lowest BCUT2D eigenvalue weighted by Crippen LogP contribution is -2.38. The van der Waals surface area contributed by atoms with Gasteiger partial charge in [0.25, 0.3) is 0 Å². The molecule has 0 radical (unpaired) electrons. The summed E-state index contributed by atoms with van der Waals surface area (Å²) in [6.07, 6.45) is -0.525. The van der Waals surface area contributed by atoms with Crippen LogP contribution >= 0.6 is 0 Å². The molecule has 0 saturated heterocycles. The highest BCUT2D eigenvalue weighted by Crippen LogP contribution is 2.07. The Hall–Kier alpha value is -0.120. The van der Waals surface area contributed by atoms with Gasteiger partial charge in [-0.2, -0.15) is 0 Å². The van der Waals surface area contributed by atoms with E-state index < -0.39 is 11.9 Å². The monoisotopic (exact) mass is 134 g/mol. The van der Waals surface area contributed by atoms with E-state index in [1.165, 1.54) is 6.92 Å². The fraction of sp³-hybridized carbons (Fsp3) is 1.00. The van der Waals surface area contributed by atoms with Gasteiger partial charge in [-0.15, -0.1) is 0 Å².